The summed E-state index contributed by atoms with van der Waals surface area (Å²) < 4.78 is 4.55. The largest absolute Gasteiger partial charge is 0.461 e. The van der Waals surface area contributed by atoms with Crippen LogP contribution in [0.5, 0.6) is 0 Å². The first-order valence-electron chi connectivity index (χ1n) is 3.53. The van der Waals surface area contributed by atoms with Gasteiger partial charge in [-0.15, -0.1) is 0 Å². The molecule has 0 rings (SSSR count). The minimum atomic E-state index is -0.636. The summed E-state index contributed by atoms with van der Waals surface area (Å²) in [6.45, 7) is 1.24. The van der Waals surface area contributed by atoms with Crippen LogP contribution in [0.25, 0.3) is 0 Å². The van der Waals surface area contributed by atoms with Crippen LogP contribution < -0.4 is 0 Å². The van der Waals surface area contributed by atoms with Gasteiger partial charge in [-0.1, -0.05) is 0 Å². The van der Waals surface area contributed by atoms with E-state index in [1.165, 1.54) is 13.0 Å². The lowest BCUT2D eigenvalue weighted by atomic mass is 10.3. The van der Waals surface area contributed by atoms with E-state index in [0.717, 1.165) is 6.08 Å². The fourth-order valence-electron chi connectivity index (χ4n) is 0.536. The second kappa shape index (κ2) is 6.37. The normalized spacial score (nSPS) is 10.0. The van der Waals surface area contributed by atoms with Gasteiger partial charge in [-0.3, -0.25) is 14.4 Å². The Morgan fingerprint density at radius 3 is 2.46 bits per heavy atom. The first kappa shape index (κ1) is 11.8. The Kier molecular flexibility index (Phi) is 5.80. The predicted octanol–water partition coefficient (Wildman–Crippen LogP) is 0.830. The van der Waals surface area contributed by atoms with Crippen LogP contribution in [0.3, 0.4) is 0 Å². The molecular formula is C8H9ClO4. The van der Waals surface area contributed by atoms with Gasteiger partial charge in [0.15, 0.2) is 0 Å². The summed E-state index contributed by atoms with van der Waals surface area (Å²) >= 11 is 4.96. The molecule has 0 heterocycles. The zero-order valence-electron chi connectivity index (χ0n) is 7.08. The molecule has 0 spiro atoms. The zero-order valence-corrected chi connectivity index (χ0v) is 7.84. The molecule has 0 aliphatic rings. The molecule has 0 atom stereocenters. The summed E-state index contributed by atoms with van der Waals surface area (Å²) in [5.41, 5.74) is 0. The molecule has 0 bridgehead atoms. The molecule has 0 radical (unpaired) electrons. The van der Waals surface area contributed by atoms with Crippen LogP contribution in [-0.2, 0) is 19.1 Å². The molecule has 0 aliphatic carbocycles. The standard InChI is InChI=1S/C8H9ClO4/c1-6(10)5-8(12)13-4-2-3-7(9)11/h2-3H,4-5H2,1H3. The van der Waals surface area contributed by atoms with Crippen LogP contribution in [0.4, 0.5) is 0 Å². The van der Waals surface area contributed by atoms with Crippen molar-refractivity contribution in [1.82, 2.24) is 0 Å². The van der Waals surface area contributed by atoms with E-state index in [1.807, 2.05) is 0 Å². The third kappa shape index (κ3) is 8.75. The first-order chi connectivity index (χ1) is 6.02. The monoisotopic (exact) mass is 204 g/mol. The summed E-state index contributed by atoms with van der Waals surface area (Å²) in [4.78, 5) is 31.3. The SMILES string of the molecule is CC(=O)CC(=O)OCC=CC(=O)Cl. The third-order valence-corrected chi connectivity index (χ3v) is 1.11. The summed E-state index contributed by atoms with van der Waals surface area (Å²) in [6, 6.07) is 0. The van der Waals surface area contributed by atoms with E-state index in [4.69, 9.17) is 11.6 Å². The van der Waals surface area contributed by atoms with E-state index in [-0.39, 0.29) is 18.8 Å². The molecule has 0 aromatic rings. The van der Waals surface area contributed by atoms with Gasteiger partial charge in [-0.2, -0.15) is 0 Å². The second-order valence-corrected chi connectivity index (χ2v) is 2.64. The van der Waals surface area contributed by atoms with Gasteiger partial charge < -0.3 is 4.74 Å². The summed E-state index contributed by atoms with van der Waals surface area (Å²) in [6.07, 6.45) is 2.12. The molecule has 0 aromatic carbocycles. The lowest BCUT2D eigenvalue weighted by Gasteiger charge is -1.97. The summed E-state index contributed by atoms with van der Waals surface area (Å²) in [7, 11) is 0. The summed E-state index contributed by atoms with van der Waals surface area (Å²) in [5.74, 6) is -0.874. The van der Waals surface area contributed by atoms with Crippen LogP contribution in [0.15, 0.2) is 12.2 Å². The van der Waals surface area contributed by atoms with E-state index < -0.39 is 11.2 Å². The highest BCUT2D eigenvalue weighted by Crippen LogP contribution is 1.89. The number of Topliss-reactive ketones (excluding diaryl/α,β-unsaturated/α-hetero) is 1. The van der Waals surface area contributed by atoms with Gasteiger partial charge in [-0.25, -0.2) is 0 Å². The molecule has 0 unspecified atom stereocenters. The Hall–Kier alpha value is -1.16. The highest BCUT2D eigenvalue weighted by atomic mass is 35.5. The number of esters is 1. The summed E-state index contributed by atoms with van der Waals surface area (Å²) in [5, 5.41) is -0.636. The van der Waals surface area contributed by atoms with Gasteiger partial charge in [0.2, 0.25) is 5.24 Å². The Labute approximate surface area is 80.5 Å². The molecule has 0 saturated carbocycles. The Balaban J connectivity index is 3.59. The molecule has 0 amide bonds. The average Bonchev–Trinajstić information content (AvgIpc) is 1.96. The number of hydrogen-bond donors (Lipinski definition) is 0. The van der Waals surface area contributed by atoms with Gasteiger partial charge in [0.05, 0.1) is 0 Å². The number of carbonyl (C=O) groups excluding carboxylic acids is 3. The van der Waals surface area contributed by atoms with Gasteiger partial charge in [0, 0.05) is 0 Å². The Morgan fingerprint density at radius 1 is 1.38 bits per heavy atom. The van der Waals surface area contributed by atoms with Crippen molar-refractivity contribution in [3.8, 4) is 0 Å². The van der Waals surface area contributed by atoms with Crippen molar-refractivity contribution < 1.29 is 19.1 Å². The van der Waals surface area contributed by atoms with E-state index in [9.17, 15) is 14.4 Å². The maximum atomic E-state index is 10.7. The van der Waals surface area contributed by atoms with Gasteiger partial charge in [0.25, 0.3) is 0 Å². The third-order valence-electron chi connectivity index (χ3n) is 0.983. The molecule has 0 saturated heterocycles. The van der Waals surface area contributed by atoms with E-state index >= 15 is 0 Å². The molecule has 0 aliphatic heterocycles. The van der Waals surface area contributed by atoms with E-state index in [0.29, 0.717) is 0 Å². The number of ketones is 1. The molecular weight excluding hydrogens is 196 g/mol. The Bertz CT molecular complexity index is 245. The van der Waals surface area contributed by atoms with Crippen molar-refractivity contribution in [1.29, 1.82) is 0 Å². The average molecular weight is 205 g/mol. The number of rotatable bonds is 5. The molecule has 13 heavy (non-hydrogen) atoms. The lowest BCUT2D eigenvalue weighted by molar-refractivity contribution is -0.144. The maximum absolute atomic E-state index is 10.7. The lowest BCUT2D eigenvalue weighted by Crippen LogP contribution is -2.08. The molecule has 0 fully saturated rings. The van der Waals surface area contributed by atoms with Crippen molar-refractivity contribution in [2.24, 2.45) is 0 Å². The smallest absolute Gasteiger partial charge is 0.313 e. The van der Waals surface area contributed by atoms with Crippen molar-refractivity contribution >= 4 is 28.6 Å². The van der Waals surface area contributed by atoms with Gasteiger partial charge in [0.1, 0.15) is 18.8 Å². The fourth-order valence-corrected chi connectivity index (χ4v) is 0.625. The van der Waals surface area contributed by atoms with Crippen LogP contribution in [-0.4, -0.2) is 23.6 Å². The minimum absolute atomic E-state index is 0.0510. The highest BCUT2D eigenvalue weighted by molar-refractivity contribution is 6.66. The van der Waals surface area contributed by atoms with Crippen molar-refractivity contribution in [3.05, 3.63) is 12.2 Å². The van der Waals surface area contributed by atoms with Crippen LogP contribution >= 0.6 is 11.6 Å². The maximum Gasteiger partial charge on any atom is 0.313 e. The number of ether oxygens (including phenoxy) is 1. The van der Waals surface area contributed by atoms with Crippen LogP contribution in [0.1, 0.15) is 13.3 Å². The second-order valence-electron chi connectivity index (χ2n) is 2.27. The quantitative estimate of drug-likeness (QED) is 0.288. The molecule has 5 heteroatoms. The van der Waals surface area contributed by atoms with Crippen molar-refractivity contribution in [2.75, 3.05) is 6.61 Å². The van der Waals surface area contributed by atoms with Gasteiger partial charge in [-0.05, 0) is 30.7 Å². The van der Waals surface area contributed by atoms with Crippen LogP contribution in [0.2, 0.25) is 0 Å². The van der Waals surface area contributed by atoms with E-state index in [1.54, 1.807) is 0 Å². The topological polar surface area (TPSA) is 60.4 Å². The molecule has 4 nitrogen and oxygen atoms in total. The van der Waals surface area contributed by atoms with Crippen molar-refractivity contribution in [3.63, 3.8) is 0 Å². The number of hydrogen-bond acceptors (Lipinski definition) is 4. The van der Waals surface area contributed by atoms with Crippen molar-refractivity contribution in [2.45, 2.75) is 13.3 Å². The molecule has 72 valence electrons. The van der Waals surface area contributed by atoms with E-state index in [2.05, 4.69) is 4.74 Å². The predicted molar refractivity (Wildman–Crippen MR) is 46.3 cm³/mol. The fraction of sp³-hybridized carbons (Fsp3) is 0.375. The Morgan fingerprint density at radius 2 is 2.00 bits per heavy atom. The molecule has 0 N–H and O–H groups in total. The highest BCUT2D eigenvalue weighted by Gasteiger charge is 2.04. The molecule has 0 aromatic heterocycles. The number of carbonyl (C=O) groups is 3. The minimum Gasteiger partial charge on any atom is -0.461 e. The van der Waals surface area contributed by atoms with Gasteiger partial charge >= 0.3 is 5.97 Å². The van der Waals surface area contributed by atoms with Crippen LogP contribution in [0, 0.1) is 0 Å². The number of halogens is 1. The zero-order chi connectivity index (χ0) is 10.3. The number of allylic oxidation sites excluding steroid dienone is 1. The first-order valence-corrected chi connectivity index (χ1v) is 3.91.